The molecule has 0 aromatic rings. The highest BCUT2D eigenvalue weighted by Gasteiger charge is 2.40. The Kier molecular flexibility index (Phi) is 3.50. The normalized spacial score (nSPS) is 24.0. The molecule has 102 valence electrons. The minimum absolute atomic E-state index is 0.139. The molecule has 0 aromatic carbocycles. The van der Waals surface area contributed by atoms with Crippen molar-refractivity contribution >= 4 is 23.5 Å². The minimum Gasteiger partial charge on any atom is -0.322 e. The topological polar surface area (TPSA) is 83.6 Å². The lowest BCUT2D eigenvalue weighted by Gasteiger charge is -2.29. The number of rotatable bonds is 3. The fraction of sp³-hybridized carbons (Fsp3) is 0.538. The number of nitrogens with zero attached hydrogens (tertiary/aromatic N) is 1. The Balaban J connectivity index is 2.21. The van der Waals surface area contributed by atoms with Crippen LogP contribution in [-0.4, -0.2) is 41.0 Å². The largest absolute Gasteiger partial charge is 0.322 e. The van der Waals surface area contributed by atoms with E-state index in [9.17, 15) is 19.2 Å². The van der Waals surface area contributed by atoms with Crippen LogP contribution in [0, 0.1) is 0 Å². The number of hydrogen-bond acceptors (Lipinski definition) is 4. The van der Waals surface area contributed by atoms with Gasteiger partial charge in [-0.1, -0.05) is 6.92 Å². The lowest BCUT2D eigenvalue weighted by Crippen LogP contribution is -2.53. The van der Waals surface area contributed by atoms with Crippen LogP contribution >= 0.6 is 0 Å². The Morgan fingerprint density at radius 1 is 1.37 bits per heavy atom. The average Bonchev–Trinajstić information content (AvgIpc) is 2.66. The van der Waals surface area contributed by atoms with Crippen LogP contribution < -0.4 is 5.32 Å². The Morgan fingerprint density at radius 2 is 2.05 bits per heavy atom. The smallest absolute Gasteiger partial charge is 0.251 e. The van der Waals surface area contributed by atoms with Crippen LogP contribution in [-0.2, 0) is 19.2 Å². The van der Waals surface area contributed by atoms with Gasteiger partial charge in [-0.2, -0.15) is 0 Å². The van der Waals surface area contributed by atoms with E-state index >= 15 is 0 Å². The molecule has 2 heterocycles. The SMILES string of the molecule is CCC1=C(C(C)=O)CN(C2CCC(=O)NC2=O)C1=O. The van der Waals surface area contributed by atoms with E-state index in [1.807, 2.05) is 6.92 Å². The molecule has 2 aliphatic rings. The van der Waals surface area contributed by atoms with Gasteiger partial charge in [0.25, 0.3) is 5.91 Å². The second-order valence-electron chi connectivity index (χ2n) is 4.77. The third-order valence-electron chi connectivity index (χ3n) is 3.58. The highest BCUT2D eigenvalue weighted by molar-refractivity contribution is 6.10. The molecule has 0 aromatic heterocycles. The number of nitrogens with one attached hydrogen (secondary N) is 1. The monoisotopic (exact) mass is 264 g/mol. The molecule has 0 bridgehead atoms. The third kappa shape index (κ3) is 2.30. The fourth-order valence-electron chi connectivity index (χ4n) is 2.56. The van der Waals surface area contributed by atoms with Gasteiger partial charge in [-0.05, 0) is 19.8 Å². The molecule has 1 fully saturated rings. The van der Waals surface area contributed by atoms with Crippen molar-refractivity contribution < 1.29 is 19.2 Å². The summed E-state index contributed by atoms with van der Waals surface area (Å²) in [5.41, 5.74) is 0.967. The molecule has 6 heteroatoms. The molecule has 6 nitrogen and oxygen atoms in total. The first-order valence-corrected chi connectivity index (χ1v) is 6.33. The van der Waals surface area contributed by atoms with E-state index in [-0.39, 0.29) is 30.6 Å². The first-order valence-electron chi connectivity index (χ1n) is 6.33. The van der Waals surface area contributed by atoms with Crippen molar-refractivity contribution in [1.82, 2.24) is 10.2 Å². The maximum atomic E-state index is 12.2. The van der Waals surface area contributed by atoms with Crippen LogP contribution in [0.3, 0.4) is 0 Å². The van der Waals surface area contributed by atoms with Crippen molar-refractivity contribution in [2.24, 2.45) is 0 Å². The Morgan fingerprint density at radius 3 is 2.53 bits per heavy atom. The molecule has 19 heavy (non-hydrogen) atoms. The Hall–Kier alpha value is -1.98. The Labute approximate surface area is 110 Å². The zero-order valence-corrected chi connectivity index (χ0v) is 11.0. The van der Waals surface area contributed by atoms with Crippen molar-refractivity contribution in [2.45, 2.75) is 39.2 Å². The Bertz CT molecular complexity index is 507. The zero-order valence-electron chi connectivity index (χ0n) is 11.0. The standard InChI is InChI=1S/C13H16N2O4/c1-3-8-9(7(2)16)6-15(13(8)19)10-4-5-11(17)14-12(10)18/h10H,3-6H2,1-2H3,(H,14,17,18). The molecular weight excluding hydrogens is 248 g/mol. The lowest BCUT2D eigenvalue weighted by atomic mass is 10.0. The average molecular weight is 264 g/mol. The van der Waals surface area contributed by atoms with E-state index in [1.165, 1.54) is 11.8 Å². The van der Waals surface area contributed by atoms with E-state index in [0.717, 1.165) is 0 Å². The number of amides is 3. The molecular formula is C13H16N2O4. The maximum absolute atomic E-state index is 12.2. The summed E-state index contributed by atoms with van der Waals surface area (Å²) in [7, 11) is 0. The van der Waals surface area contributed by atoms with Crippen LogP contribution in [0.5, 0.6) is 0 Å². The molecule has 1 N–H and O–H groups in total. The van der Waals surface area contributed by atoms with Gasteiger partial charge >= 0.3 is 0 Å². The zero-order chi connectivity index (χ0) is 14.2. The maximum Gasteiger partial charge on any atom is 0.251 e. The number of Topliss-reactive ketones (excluding diaryl/α,β-unsaturated/α-hetero) is 1. The number of imide groups is 1. The highest BCUT2D eigenvalue weighted by Crippen LogP contribution is 2.26. The second-order valence-corrected chi connectivity index (χ2v) is 4.77. The molecule has 2 aliphatic heterocycles. The first-order chi connectivity index (χ1) is 8.95. The summed E-state index contributed by atoms with van der Waals surface area (Å²) in [6.45, 7) is 3.40. The quantitative estimate of drug-likeness (QED) is 0.723. The third-order valence-corrected chi connectivity index (χ3v) is 3.58. The van der Waals surface area contributed by atoms with E-state index in [0.29, 0.717) is 24.0 Å². The highest BCUT2D eigenvalue weighted by atomic mass is 16.2. The van der Waals surface area contributed by atoms with Gasteiger partial charge in [0.1, 0.15) is 6.04 Å². The molecule has 0 saturated carbocycles. The van der Waals surface area contributed by atoms with Crippen molar-refractivity contribution in [3.05, 3.63) is 11.1 Å². The number of carbonyl (C=O) groups is 4. The van der Waals surface area contributed by atoms with Gasteiger partial charge in [-0.25, -0.2) is 0 Å². The van der Waals surface area contributed by atoms with E-state index in [2.05, 4.69) is 5.32 Å². The van der Waals surface area contributed by atoms with Crippen LogP contribution in [0.2, 0.25) is 0 Å². The fourth-order valence-corrected chi connectivity index (χ4v) is 2.56. The van der Waals surface area contributed by atoms with Crippen LogP contribution in [0.25, 0.3) is 0 Å². The number of piperidine rings is 1. The molecule has 1 unspecified atom stereocenters. The van der Waals surface area contributed by atoms with Crippen molar-refractivity contribution in [3.8, 4) is 0 Å². The van der Waals surface area contributed by atoms with Crippen LogP contribution in [0.1, 0.15) is 33.1 Å². The van der Waals surface area contributed by atoms with Gasteiger partial charge in [-0.15, -0.1) is 0 Å². The van der Waals surface area contributed by atoms with Gasteiger partial charge in [0.05, 0.1) is 6.54 Å². The summed E-state index contributed by atoms with van der Waals surface area (Å²) in [5, 5.41) is 2.23. The summed E-state index contributed by atoms with van der Waals surface area (Å²) in [4.78, 5) is 48.0. The van der Waals surface area contributed by atoms with Crippen LogP contribution in [0.4, 0.5) is 0 Å². The molecule has 0 spiro atoms. The first kappa shape index (κ1) is 13.5. The molecule has 1 atom stereocenters. The van der Waals surface area contributed by atoms with Crippen molar-refractivity contribution in [2.75, 3.05) is 6.54 Å². The summed E-state index contributed by atoms with van der Waals surface area (Å²) in [5.74, 6) is -1.17. The predicted octanol–water partition coefficient (Wildman–Crippen LogP) is -0.0706. The van der Waals surface area contributed by atoms with Crippen LogP contribution in [0.15, 0.2) is 11.1 Å². The summed E-state index contributed by atoms with van der Waals surface area (Å²) >= 11 is 0. The number of carbonyl (C=O) groups excluding carboxylic acids is 4. The predicted molar refractivity (Wildman–Crippen MR) is 65.9 cm³/mol. The lowest BCUT2D eigenvalue weighted by molar-refractivity contribution is -0.143. The molecule has 0 radical (unpaired) electrons. The minimum atomic E-state index is -0.649. The number of hydrogen-bond donors (Lipinski definition) is 1. The van der Waals surface area contributed by atoms with Gasteiger partial charge < -0.3 is 4.90 Å². The van der Waals surface area contributed by atoms with Gasteiger partial charge in [-0.3, -0.25) is 24.5 Å². The van der Waals surface area contributed by atoms with Gasteiger partial charge in [0.2, 0.25) is 11.8 Å². The van der Waals surface area contributed by atoms with Crippen molar-refractivity contribution in [1.29, 1.82) is 0 Å². The van der Waals surface area contributed by atoms with E-state index in [1.54, 1.807) is 0 Å². The molecule has 3 amide bonds. The van der Waals surface area contributed by atoms with Crippen molar-refractivity contribution in [3.63, 3.8) is 0 Å². The summed E-state index contributed by atoms with van der Waals surface area (Å²) < 4.78 is 0. The summed E-state index contributed by atoms with van der Waals surface area (Å²) in [6, 6.07) is -0.649. The number of ketones is 1. The van der Waals surface area contributed by atoms with Gasteiger partial charge in [0.15, 0.2) is 5.78 Å². The van der Waals surface area contributed by atoms with Gasteiger partial charge in [0, 0.05) is 17.6 Å². The molecule has 0 aliphatic carbocycles. The summed E-state index contributed by atoms with van der Waals surface area (Å²) in [6.07, 6.45) is 1.01. The second kappa shape index (κ2) is 4.95. The molecule has 2 rings (SSSR count). The van der Waals surface area contributed by atoms with E-state index < -0.39 is 11.9 Å². The molecule has 1 saturated heterocycles. The van der Waals surface area contributed by atoms with E-state index in [4.69, 9.17) is 0 Å².